The molecule has 7 heteroatoms. The van der Waals surface area contributed by atoms with Gasteiger partial charge in [0.25, 0.3) is 5.56 Å². The number of hydrogen-bond donors (Lipinski definition) is 2. The number of aromatic amines is 1. The van der Waals surface area contributed by atoms with Crippen molar-refractivity contribution in [2.75, 3.05) is 0 Å². The fourth-order valence-corrected chi connectivity index (χ4v) is 1.91. The molecule has 0 spiro atoms. The van der Waals surface area contributed by atoms with Crippen LogP contribution in [-0.4, -0.2) is 25.0 Å². The maximum atomic E-state index is 12.2. The zero-order chi connectivity index (χ0) is 12.5. The van der Waals surface area contributed by atoms with Crippen LogP contribution in [0, 0.1) is 0 Å². The summed E-state index contributed by atoms with van der Waals surface area (Å²) in [5, 5.41) is 13.6. The van der Waals surface area contributed by atoms with Gasteiger partial charge in [0, 0.05) is 5.39 Å². The molecule has 0 saturated heterocycles. The van der Waals surface area contributed by atoms with Crippen molar-refractivity contribution in [2.45, 2.75) is 11.7 Å². The standard InChI is InChI=1S/C11H9N5OS/c17-10-8-4-2-1-3-7(8)5-12-16(10)6-9-13-11(18)15-14-9/h1-5H,6H2,(H2,13,14,15,18). The summed E-state index contributed by atoms with van der Waals surface area (Å²) >= 11 is 4.02. The van der Waals surface area contributed by atoms with E-state index < -0.39 is 0 Å². The third-order valence-corrected chi connectivity index (χ3v) is 2.78. The first-order valence-electron chi connectivity index (χ1n) is 5.29. The minimum atomic E-state index is -0.148. The second-order valence-corrected chi connectivity index (χ2v) is 4.21. The molecule has 0 aliphatic rings. The van der Waals surface area contributed by atoms with Gasteiger partial charge >= 0.3 is 0 Å². The summed E-state index contributed by atoms with van der Waals surface area (Å²) in [5.74, 6) is 0.546. The second-order valence-electron chi connectivity index (χ2n) is 3.79. The Bertz CT molecular complexity index is 763. The molecular weight excluding hydrogens is 250 g/mol. The monoisotopic (exact) mass is 259 g/mol. The van der Waals surface area contributed by atoms with Crippen molar-refractivity contribution in [3.8, 4) is 0 Å². The van der Waals surface area contributed by atoms with E-state index in [1.165, 1.54) is 4.68 Å². The molecule has 0 amide bonds. The lowest BCUT2D eigenvalue weighted by molar-refractivity contribution is 0.623. The Balaban J connectivity index is 2.08. The molecule has 6 nitrogen and oxygen atoms in total. The minimum Gasteiger partial charge on any atom is -0.319 e. The molecule has 1 N–H and O–H groups in total. The second kappa shape index (κ2) is 4.26. The summed E-state index contributed by atoms with van der Waals surface area (Å²) < 4.78 is 1.34. The number of H-pyrrole nitrogens is 1. The van der Waals surface area contributed by atoms with E-state index in [0.29, 0.717) is 16.4 Å². The predicted octanol–water partition coefficient (Wildman–Crippen LogP) is 0.852. The summed E-state index contributed by atoms with van der Waals surface area (Å²) in [5.41, 5.74) is -0.148. The molecule has 2 heterocycles. The highest BCUT2D eigenvalue weighted by Gasteiger charge is 2.06. The molecule has 1 aromatic carbocycles. The highest BCUT2D eigenvalue weighted by atomic mass is 32.1. The van der Waals surface area contributed by atoms with Crippen molar-refractivity contribution >= 4 is 23.4 Å². The van der Waals surface area contributed by atoms with Crippen molar-refractivity contribution < 1.29 is 0 Å². The number of nitrogens with one attached hydrogen (secondary N) is 1. The quantitative estimate of drug-likeness (QED) is 0.669. The van der Waals surface area contributed by atoms with E-state index in [9.17, 15) is 4.79 Å². The van der Waals surface area contributed by atoms with Crippen LogP contribution in [0.25, 0.3) is 10.8 Å². The molecule has 2 aromatic heterocycles. The number of rotatable bonds is 2. The van der Waals surface area contributed by atoms with Gasteiger partial charge in [-0.05, 0) is 6.07 Å². The lowest BCUT2D eigenvalue weighted by atomic mass is 10.2. The molecule has 3 aromatic rings. The van der Waals surface area contributed by atoms with Gasteiger partial charge < -0.3 is 4.98 Å². The Hall–Kier alpha value is -2.15. The summed E-state index contributed by atoms with van der Waals surface area (Å²) in [7, 11) is 0. The lowest BCUT2D eigenvalue weighted by Crippen LogP contribution is -2.23. The molecule has 0 saturated carbocycles. The summed E-state index contributed by atoms with van der Waals surface area (Å²) in [6.45, 7) is 0.247. The number of hydrogen-bond acceptors (Lipinski definition) is 5. The molecular formula is C11H9N5OS. The third-order valence-electron chi connectivity index (χ3n) is 2.58. The highest BCUT2D eigenvalue weighted by Crippen LogP contribution is 2.06. The van der Waals surface area contributed by atoms with Gasteiger partial charge in [0.1, 0.15) is 6.54 Å². The van der Waals surface area contributed by atoms with Gasteiger partial charge in [-0.15, -0.1) is 22.8 Å². The van der Waals surface area contributed by atoms with E-state index in [4.69, 9.17) is 0 Å². The number of nitrogens with zero attached hydrogens (tertiary/aromatic N) is 4. The van der Waals surface area contributed by atoms with Crippen LogP contribution in [0.3, 0.4) is 0 Å². The molecule has 0 fully saturated rings. The van der Waals surface area contributed by atoms with Crippen molar-refractivity contribution in [2.24, 2.45) is 0 Å². The fraction of sp³-hybridized carbons (Fsp3) is 0.0909. The topological polar surface area (TPSA) is 76.5 Å². The highest BCUT2D eigenvalue weighted by molar-refractivity contribution is 7.80. The Morgan fingerprint density at radius 2 is 2.11 bits per heavy atom. The predicted molar refractivity (Wildman–Crippen MR) is 68.7 cm³/mol. The van der Waals surface area contributed by atoms with Crippen LogP contribution < -0.4 is 5.56 Å². The van der Waals surface area contributed by atoms with Gasteiger partial charge in [-0.3, -0.25) is 4.79 Å². The number of aromatic nitrogens is 5. The van der Waals surface area contributed by atoms with Crippen LogP contribution in [0.1, 0.15) is 5.82 Å². The Kier molecular flexibility index (Phi) is 2.60. The van der Waals surface area contributed by atoms with Crippen molar-refractivity contribution in [3.63, 3.8) is 0 Å². The molecule has 0 aliphatic heterocycles. The molecule has 0 radical (unpaired) electrons. The molecule has 0 unspecified atom stereocenters. The molecule has 18 heavy (non-hydrogen) atoms. The van der Waals surface area contributed by atoms with Gasteiger partial charge in [-0.1, -0.05) is 18.2 Å². The van der Waals surface area contributed by atoms with Gasteiger partial charge in [0.15, 0.2) is 11.0 Å². The number of fused-ring (bicyclic) bond motifs is 1. The minimum absolute atomic E-state index is 0.148. The summed E-state index contributed by atoms with van der Waals surface area (Å²) in [6, 6.07) is 7.33. The lowest BCUT2D eigenvalue weighted by Gasteiger charge is -2.03. The van der Waals surface area contributed by atoms with Gasteiger partial charge in [-0.25, -0.2) is 4.68 Å². The van der Waals surface area contributed by atoms with E-state index >= 15 is 0 Å². The molecule has 90 valence electrons. The van der Waals surface area contributed by atoms with Crippen LogP contribution >= 0.6 is 12.6 Å². The first kappa shape index (κ1) is 11.0. The van der Waals surface area contributed by atoms with Crippen LogP contribution in [0.15, 0.2) is 40.4 Å². The Morgan fingerprint density at radius 3 is 2.89 bits per heavy atom. The van der Waals surface area contributed by atoms with E-state index in [0.717, 1.165) is 5.39 Å². The van der Waals surface area contributed by atoms with Crippen molar-refractivity contribution in [3.05, 3.63) is 46.6 Å². The van der Waals surface area contributed by atoms with E-state index in [1.807, 2.05) is 18.2 Å². The Labute approximate surface area is 107 Å². The first-order chi connectivity index (χ1) is 8.74. The van der Waals surface area contributed by atoms with Crippen LogP contribution in [-0.2, 0) is 6.54 Å². The molecule has 0 aliphatic carbocycles. The van der Waals surface area contributed by atoms with Crippen molar-refractivity contribution in [1.82, 2.24) is 25.0 Å². The molecule has 0 bridgehead atoms. The van der Waals surface area contributed by atoms with Crippen molar-refractivity contribution in [1.29, 1.82) is 0 Å². The largest absolute Gasteiger partial charge is 0.319 e. The molecule has 3 rings (SSSR count). The van der Waals surface area contributed by atoms with E-state index in [-0.39, 0.29) is 12.1 Å². The van der Waals surface area contributed by atoms with Crippen LogP contribution in [0.4, 0.5) is 0 Å². The maximum absolute atomic E-state index is 12.2. The zero-order valence-corrected chi connectivity index (χ0v) is 10.1. The van der Waals surface area contributed by atoms with Crippen LogP contribution in [0.2, 0.25) is 0 Å². The zero-order valence-electron chi connectivity index (χ0n) is 9.24. The van der Waals surface area contributed by atoms with E-state index in [2.05, 4.69) is 32.9 Å². The number of benzene rings is 1. The average Bonchev–Trinajstić information content (AvgIpc) is 2.79. The fourth-order valence-electron chi connectivity index (χ4n) is 1.74. The van der Waals surface area contributed by atoms with Gasteiger partial charge in [0.2, 0.25) is 0 Å². The summed E-state index contributed by atoms with van der Waals surface area (Å²) in [4.78, 5) is 15.0. The van der Waals surface area contributed by atoms with Crippen LogP contribution in [0.5, 0.6) is 0 Å². The average molecular weight is 259 g/mol. The number of thiol groups is 1. The maximum Gasteiger partial charge on any atom is 0.275 e. The van der Waals surface area contributed by atoms with Gasteiger partial charge in [-0.2, -0.15) is 5.10 Å². The normalized spacial score (nSPS) is 10.9. The SMILES string of the molecule is O=c1c2ccccc2cnn1Cc1nnc(S)[nH]1. The smallest absolute Gasteiger partial charge is 0.275 e. The third kappa shape index (κ3) is 1.88. The first-order valence-corrected chi connectivity index (χ1v) is 5.74. The summed E-state index contributed by atoms with van der Waals surface area (Å²) in [6.07, 6.45) is 1.66. The van der Waals surface area contributed by atoms with Gasteiger partial charge in [0.05, 0.1) is 11.6 Å². The van der Waals surface area contributed by atoms with E-state index in [1.54, 1.807) is 12.3 Å². The molecule has 0 atom stereocenters. The Morgan fingerprint density at radius 1 is 1.28 bits per heavy atom.